The van der Waals surface area contributed by atoms with Crippen LogP contribution >= 0.6 is 0 Å². The second kappa shape index (κ2) is 9.01. The molecule has 1 amide bonds. The molecular weight excluding hydrogens is 364 g/mol. The number of nitrogens with zero attached hydrogens (tertiary/aromatic N) is 2. The second-order valence-electron chi connectivity index (χ2n) is 5.84. The number of rotatable bonds is 8. The largest absolute Gasteiger partial charge is 0.495 e. The standard InChI is InChI=1S/C20H26N2O4S/c1-5-21(6-2)27(24,25)19-15-16(13-14-18(19)26-4)20(23)22(7-3)17-11-9-8-10-12-17/h8-15H,5-7H2,1-4H3. The Labute approximate surface area is 161 Å². The van der Waals surface area contributed by atoms with E-state index in [2.05, 4.69) is 0 Å². The van der Waals surface area contributed by atoms with Gasteiger partial charge in [-0.05, 0) is 37.3 Å². The Morgan fingerprint density at radius 1 is 0.963 bits per heavy atom. The topological polar surface area (TPSA) is 66.9 Å². The highest BCUT2D eigenvalue weighted by molar-refractivity contribution is 7.89. The van der Waals surface area contributed by atoms with Crippen LogP contribution in [0.4, 0.5) is 5.69 Å². The van der Waals surface area contributed by atoms with Crippen molar-refractivity contribution in [2.45, 2.75) is 25.7 Å². The molecule has 0 aliphatic heterocycles. The Morgan fingerprint density at radius 3 is 2.11 bits per heavy atom. The molecule has 0 saturated heterocycles. The van der Waals surface area contributed by atoms with Crippen LogP contribution in [0.1, 0.15) is 31.1 Å². The van der Waals surface area contributed by atoms with Gasteiger partial charge in [-0.25, -0.2) is 8.42 Å². The predicted octanol–water partition coefficient (Wildman–Crippen LogP) is 3.39. The van der Waals surface area contributed by atoms with Crippen LogP contribution in [0.5, 0.6) is 5.75 Å². The molecule has 0 heterocycles. The van der Waals surface area contributed by atoms with E-state index in [1.165, 1.54) is 23.5 Å². The average Bonchev–Trinajstić information content (AvgIpc) is 2.69. The maximum atomic E-state index is 13.0. The summed E-state index contributed by atoms with van der Waals surface area (Å²) < 4.78 is 32.5. The molecule has 0 radical (unpaired) electrons. The number of amides is 1. The maximum absolute atomic E-state index is 13.0. The summed E-state index contributed by atoms with van der Waals surface area (Å²) in [5.74, 6) is -0.0384. The van der Waals surface area contributed by atoms with E-state index in [-0.39, 0.29) is 16.6 Å². The van der Waals surface area contributed by atoms with Crippen LogP contribution < -0.4 is 9.64 Å². The van der Waals surface area contributed by atoms with Gasteiger partial charge in [-0.15, -0.1) is 0 Å². The van der Waals surface area contributed by atoms with Gasteiger partial charge in [-0.1, -0.05) is 32.0 Å². The number of methoxy groups -OCH3 is 1. The lowest BCUT2D eigenvalue weighted by Crippen LogP contribution is -2.32. The molecule has 0 atom stereocenters. The summed E-state index contributed by atoms with van der Waals surface area (Å²) in [6.07, 6.45) is 0. The van der Waals surface area contributed by atoms with E-state index in [9.17, 15) is 13.2 Å². The molecule has 2 rings (SSSR count). The van der Waals surface area contributed by atoms with Crippen molar-refractivity contribution in [1.82, 2.24) is 4.31 Å². The van der Waals surface area contributed by atoms with Gasteiger partial charge in [0.1, 0.15) is 10.6 Å². The van der Waals surface area contributed by atoms with Gasteiger partial charge in [0.15, 0.2) is 0 Å². The van der Waals surface area contributed by atoms with Gasteiger partial charge in [0.25, 0.3) is 5.91 Å². The van der Waals surface area contributed by atoms with Crippen molar-refractivity contribution in [1.29, 1.82) is 0 Å². The summed E-state index contributed by atoms with van der Waals surface area (Å²) in [6, 6.07) is 13.8. The lowest BCUT2D eigenvalue weighted by atomic mass is 10.1. The lowest BCUT2D eigenvalue weighted by Gasteiger charge is -2.23. The first-order valence-corrected chi connectivity index (χ1v) is 10.4. The number of benzene rings is 2. The van der Waals surface area contributed by atoms with Crippen LogP contribution in [0, 0.1) is 0 Å². The lowest BCUT2D eigenvalue weighted by molar-refractivity contribution is 0.0988. The van der Waals surface area contributed by atoms with Crippen molar-refractivity contribution in [3.8, 4) is 5.75 Å². The van der Waals surface area contributed by atoms with Crippen molar-refractivity contribution in [3.63, 3.8) is 0 Å². The number of ether oxygens (including phenoxy) is 1. The normalized spacial score (nSPS) is 11.4. The van der Waals surface area contributed by atoms with Gasteiger partial charge in [-0.2, -0.15) is 4.31 Å². The van der Waals surface area contributed by atoms with Gasteiger partial charge in [0, 0.05) is 30.9 Å². The molecule has 27 heavy (non-hydrogen) atoms. The zero-order valence-corrected chi connectivity index (χ0v) is 17.0. The Bertz CT molecular complexity index is 878. The molecule has 2 aromatic rings. The summed E-state index contributed by atoms with van der Waals surface area (Å²) in [6.45, 7) is 6.57. The molecule has 0 N–H and O–H groups in total. The molecule has 0 fully saturated rings. The molecule has 0 spiro atoms. The highest BCUT2D eigenvalue weighted by Gasteiger charge is 2.27. The average molecular weight is 391 g/mol. The van der Waals surface area contributed by atoms with E-state index < -0.39 is 10.0 Å². The molecular formula is C20H26N2O4S. The summed E-state index contributed by atoms with van der Waals surface area (Å²) in [5, 5.41) is 0. The fraction of sp³-hybridized carbons (Fsp3) is 0.350. The smallest absolute Gasteiger partial charge is 0.258 e. The third kappa shape index (κ3) is 4.31. The van der Waals surface area contributed by atoms with Crippen LogP contribution in [0.3, 0.4) is 0 Å². The molecule has 6 nitrogen and oxygen atoms in total. The van der Waals surface area contributed by atoms with E-state index in [1.807, 2.05) is 37.3 Å². The van der Waals surface area contributed by atoms with E-state index >= 15 is 0 Å². The monoisotopic (exact) mass is 390 g/mol. The first kappa shape index (κ1) is 20.9. The van der Waals surface area contributed by atoms with Crippen molar-refractivity contribution < 1.29 is 17.9 Å². The first-order valence-electron chi connectivity index (χ1n) is 8.95. The molecule has 0 aromatic heterocycles. The number of hydrogen-bond donors (Lipinski definition) is 0. The Hall–Kier alpha value is -2.38. The van der Waals surface area contributed by atoms with Gasteiger partial charge in [0.05, 0.1) is 7.11 Å². The van der Waals surface area contributed by atoms with Gasteiger partial charge >= 0.3 is 0 Å². The zero-order valence-electron chi connectivity index (χ0n) is 16.2. The maximum Gasteiger partial charge on any atom is 0.258 e. The van der Waals surface area contributed by atoms with Gasteiger partial charge in [-0.3, -0.25) is 4.79 Å². The van der Waals surface area contributed by atoms with Crippen molar-refractivity contribution >= 4 is 21.6 Å². The van der Waals surface area contributed by atoms with Gasteiger partial charge in [0.2, 0.25) is 10.0 Å². The molecule has 146 valence electrons. The van der Waals surface area contributed by atoms with Crippen LogP contribution in [0.15, 0.2) is 53.4 Å². The number of para-hydroxylation sites is 1. The number of carbonyl (C=O) groups excluding carboxylic acids is 1. The number of hydrogen-bond acceptors (Lipinski definition) is 4. The Morgan fingerprint density at radius 2 is 1.59 bits per heavy atom. The molecule has 0 unspecified atom stereocenters. The molecule has 0 bridgehead atoms. The van der Waals surface area contributed by atoms with Crippen LogP contribution in [-0.2, 0) is 10.0 Å². The van der Waals surface area contributed by atoms with E-state index in [0.717, 1.165) is 5.69 Å². The molecule has 7 heteroatoms. The SMILES string of the molecule is CCN(C(=O)c1ccc(OC)c(S(=O)(=O)N(CC)CC)c1)c1ccccc1. The number of carbonyl (C=O) groups is 1. The Kier molecular flexibility index (Phi) is 6.98. The van der Waals surface area contributed by atoms with Crippen LogP contribution in [0.25, 0.3) is 0 Å². The third-order valence-electron chi connectivity index (χ3n) is 4.36. The van der Waals surface area contributed by atoms with E-state index in [4.69, 9.17) is 4.74 Å². The van der Waals surface area contributed by atoms with Gasteiger partial charge < -0.3 is 9.64 Å². The summed E-state index contributed by atoms with van der Waals surface area (Å²) in [5.41, 5.74) is 1.06. The van der Waals surface area contributed by atoms with Crippen molar-refractivity contribution in [2.24, 2.45) is 0 Å². The Balaban J connectivity index is 2.52. The number of anilines is 1. The van der Waals surface area contributed by atoms with Crippen molar-refractivity contribution in [3.05, 3.63) is 54.1 Å². The third-order valence-corrected chi connectivity index (χ3v) is 6.43. The molecule has 2 aromatic carbocycles. The summed E-state index contributed by atoms with van der Waals surface area (Å²) in [7, 11) is -2.34. The molecule has 0 saturated carbocycles. The molecule has 0 aliphatic carbocycles. The van der Waals surface area contributed by atoms with Crippen LogP contribution in [0.2, 0.25) is 0 Å². The predicted molar refractivity (Wildman–Crippen MR) is 107 cm³/mol. The highest BCUT2D eigenvalue weighted by Crippen LogP contribution is 2.29. The minimum atomic E-state index is -3.76. The van der Waals surface area contributed by atoms with Crippen molar-refractivity contribution in [2.75, 3.05) is 31.6 Å². The summed E-state index contributed by atoms with van der Waals surface area (Å²) in [4.78, 5) is 14.7. The minimum absolute atomic E-state index is 0.00339. The van der Waals surface area contributed by atoms with Crippen LogP contribution in [-0.4, -0.2) is 45.4 Å². The fourth-order valence-electron chi connectivity index (χ4n) is 2.92. The quantitative estimate of drug-likeness (QED) is 0.693. The molecule has 0 aliphatic rings. The zero-order chi connectivity index (χ0) is 20.0. The number of sulfonamides is 1. The second-order valence-corrected chi connectivity index (χ2v) is 7.75. The van der Waals surface area contributed by atoms with E-state index in [1.54, 1.807) is 24.8 Å². The fourth-order valence-corrected chi connectivity index (χ4v) is 4.56. The summed E-state index contributed by atoms with van der Waals surface area (Å²) >= 11 is 0. The first-order chi connectivity index (χ1) is 12.9. The minimum Gasteiger partial charge on any atom is -0.495 e. The van der Waals surface area contributed by atoms with E-state index in [0.29, 0.717) is 25.2 Å². The highest BCUT2D eigenvalue weighted by atomic mass is 32.2.